The molecule has 32 heavy (non-hydrogen) atoms. The molecule has 1 N–H and O–H groups in total. The number of halogens is 1. The molecule has 2 bridgehead atoms. The van der Waals surface area contributed by atoms with E-state index in [2.05, 4.69) is 26.3 Å². The van der Waals surface area contributed by atoms with Crippen molar-refractivity contribution in [3.05, 3.63) is 40.7 Å². The van der Waals surface area contributed by atoms with Crippen molar-refractivity contribution in [3.8, 4) is 6.07 Å². The van der Waals surface area contributed by atoms with Crippen LogP contribution in [0, 0.1) is 18.3 Å². The van der Waals surface area contributed by atoms with Gasteiger partial charge in [-0.15, -0.1) is 0 Å². The van der Waals surface area contributed by atoms with E-state index in [1.165, 1.54) is 0 Å². The lowest BCUT2D eigenvalue weighted by molar-refractivity contribution is 0.0414. The van der Waals surface area contributed by atoms with Gasteiger partial charge in [-0.25, -0.2) is 14.8 Å². The number of fused-ring (bicyclic) bond motifs is 2. The van der Waals surface area contributed by atoms with Crippen LogP contribution in [0.25, 0.3) is 0 Å². The fourth-order valence-corrected chi connectivity index (χ4v) is 4.84. The standard InChI is InChI=1S/C23H25ClN6O2/c1-14-20(28-19-6-3-15(10-25)9-18(19)24)26-13-27-21(14)29-11-16-4-5-17(12-29)30(16)22(31)32-23(2)7-8-23/h3,6,9,13,16-17H,4-5,7-8,11-12H2,1-2H3,(H,26,27,28). The number of rotatable bonds is 4. The molecular formula is C23H25ClN6O2. The Hall–Kier alpha value is -3.05. The van der Waals surface area contributed by atoms with Crippen LogP contribution < -0.4 is 10.2 Å². The van der Waals surface area contributed by atoms with Gasteiger partial charge in [-0.3, -0.25) is 4.90 Å². The van der Waals surface area contributed by atoms with Crippen molar-refractivity contribution in [1.82, 2.24) is 14.9 Å². The molecule has 3 aliphatic rings. The number of nitriles is 1. The van der Waals surface area contributed by atoms with Gasteiger partial charge < -0.3 is 15.0 Å². The number of nitrogens with zero attached hydrogens (tertiary/aromatic N) is 5. The van der Waals surface area contributed by atoms with Gasteiger partial charge >= 0.3 is 6.09 Å². The summed E-state index contributed by atoms with van der Waals surface area (Å²) < 4.78 is 5.75. The van der Waals surface area contributed by atoms with E-state index in [-0.39, 0.29) is 23.8 Å². The summed E-state index contributed by atoms with van der Waals surface area (Å²) in [6, 6.07) is 7.44. The molecule has 2 aliphatic heterocycles. The van der Waals surface area contributed by atoms with Gasteiger partial charge in [0.15, 0.2) is 0 Å². The van der Waals surface area contributed by atoms with Crippen molar-refractivity contribution in [2.75, 3.05) is 23.3 Å². The Morgan fingerprint density at radius 1 is 1.28 bits per heavy atom. The van der Waals surface area contributed by atoms with Crippen LogP contribution in [0.5, 0.6) is 0 Å². The van der Waals surface area contributed by atoms with E-state index in [4.69, 9.17) is 21.6 Å². The fourth-order valence-electron chi connectivity index (χ4n) is 4.61. The Balaban J connectivity index is 1.33. The zero-order valence-corrected chi connectivity index (χ0v) is 18.9. The number of carbonyl (C=O) groups excluding carboxylic acids is 1. The van der Waals surface area contributed by atoms with Gasteiger partial charge in [-0.1, -0.05) is 11.6 Å². The molecule has 1 aromatic carbocycles. The number of hydrogen-bond donors (Lipinski definition) is 1. The molecule has 2 unspecified atom stereocenters. The maximum Gasteiger partial charge on any atom is 0.410 e. The van der Waals surface area contributed by atoms with Crippen LogP contribution in [0.4, 0.5) is 22.1 Å². The summed E-state index contributed by atoms with van der Waals surface area (Å²) in [6.45, 7) is 5.42. The van der Waals surface area contributed by atoms with Gasteiger partial charge in [0.2, 0.25) is 0 Å². The number of ether oxygens (including phenoxy) is 1. The lowest BCUT2D eigenvalue weighted by Gasteiger charge is -2.41. The van der Waals surface area contributed by atoms with E-state index < -0.39 is 0 Å². The van der Waals surface area contributed by atoms with Gasteiger partial charge in [-0.2, -0.15) is 5.26 Å². The molecule has 1 saturated carbocycles. The molecule has 9 heteroatoms. The highest BCUT2D eigenvalue weighted by Gasteiger charge is 2.48. The largest absolute Gasteiger partial charge is 0.443 e. The van der Waals surface area contributed by atoms with Crippen molar-refractivity contribution in [2.45, 2.75) is 57.2 Å². The van der Waals surface area contributed by atoms with Crippen LogP contribution in [0.2, 0.25) is 5.02 Å². The van der Waals surface area contributed by atoms with Crippen LogP contribution in [0.3, 0.4) is 0 Å². The number of anilines is 3. The van der Waals surface area contributed by atoms with Crippen molar-refractivity contribution < 1.29 is 9.53 Å². The van der Waals surface area contributed by atoms with Crippen molar-refractivity contribution in [2.24, 2.45) is 0 Å². The highest BCUT2D eigenvalue weighted by atomic mass is 35.5. The topological polar surface area (TPSA) is 94.4 Å². The molecule has 0 spiro atoms. The summed E-state index contributed by atoms with van der Waals surface area (Å²) in [7, 11) is 0. The predicted molar refractivity (Wildman–Crippen MR) is 121 cm³/mol. The van der Waals surface area contributed by atoms with Crippen LogP contribution in [-0.2, 0) is 4.74 Å². The van der Waals surface area contributed by atoms with Crippen molar-refractivity contribution in [3.63, 3.8) is 0 Å². The summed E-state index contributed by atoms with van der Waals surface area (Å²) in [5, 5.41) is 12.8. The van der Waals surface area contributed by atoms with E-state index >= 15 is 0 Å². The number of piperazine rings is 1. The third kappa shape index (κ3) is 3.82. The first-order valence-electron chi connectivity index (χ1n) is 10.9. The zero-order valence-electron chi connectivity index (χ0n) is 18.1. The Kier molecular flexibility index (Phi) is 5.09. The minimum absolute atomic E-state index is 0.127. The molecular weight excluding hydrogens is 428 g/mol. The Labute approximate surface area is 192 Å². The normalized spacial score (nSPS) is 22.9. The third-order valence-electron chi connectivity index (χ3n) is 6.69. The number of nitrogens with one attached hydrogen (secondary N) is 1. The Morgan fingerprint density at radius 3 is 2.62 bits per heavy atom. The molecule has 1 aromatic heterocycles. The minimum atomic E-state index is -0.260. The number of benzene rings is 1. The Bertz CT molecular complexity index is 1100. The number of amides is 1. The Morgan fingerprint density at radius 2 is 2.00 bits per heavy atom. The summed E-state index contributed by atoms with van der Waals surface area (Å²) >= 11 is 6.32. The highest BCUT2D eigenvalue weighted by molar-refractivity contribution is 6.33. The second-order valence-electron chi connectivity index (χ2n) is 9.12. The van der Waals surface area contributed by atoms with Crippen LogP contribution in [0.1, 0.15) is 43.7 Å². The summed E-state index contributed by atoms with van der Waals surface area (Å²) in [6.07, 6.45) is 5.22. The van der Waals surface area contributed by atoms with Gasteiger partial charge in [0.05, 0.1) is 34.4 Å². The lowest BCUT2D eigenvalue weighted by Crippen LogP contribution is -2.56. The molecule has 1 aliphatic carbocycles. The maximum atomic E-state index is 12.8. The molecule has 166 valence electrons. The van der Waals surface area contributed by atoms with E-state index in [0.717, 1.165) is 50.2 Å². The number of hydrogen-bond acceptors (Lipinski definition) is 7. The van der Waals surface area contributed by atoms with E-state index in [1.54, 1.807) is 24.5 Å². The van der Waals surface area contributed by atoms with Gasteiger partial charge in [0, 0.05) is 18.7 Å². The minimum Gasteiger partial charge on any atom is -0.443 e. The molecule has 5 rings (SSSR count). The van der Waals surface area contributed by atoms with Gasteiger partial charge in [-0.05, 0) is 57.7 Å². The molecule has 2 saturated heterocycles. The summed E-state index contributed by atoms with van der Waals surface area (Å²) in [5.74, 6) is 1.52. The highest BCUT2D eigenvalue weighted by Crippen LogP contribution is 2.41. The molecule has 0 radical (unpaired) electrons. The molecule has 3 heterocycles. The SMILES string of the molecule is Cc1c(Nc2ccc(C#N)cc2Cl)ncnc1N1CC2CCC(C1)N2C(=O)OC1(C)CC1. The third-order valence-corrected chi connectivity index (χ3v) is 7.00. The molecule has 2 aromatic rings. The summed E-state index contributed by atoms with van der Waals surface area (Å²) in [5.41, 5.74) is 1.83. The number of aromatic nitrogens is 2. The monoisotopic (exact) mass is 452 g/mol. The first kappa shape index (κ1) is 20.8. The van der Waals surface area contributed by atoms with Gasteiger partial charge in [0.25, 0.3) is 0 Å². The lowest BCUT2D eigenvalue weighted by atomic mass is 10.1. The molecule has 3 fully saturated rings. The second-order valence-corrected chi connectivity index (χ2v) is 9.52. The van der Waals surface area contributed by atoms with E-state index in [9.17, 15) is 4.79 Å². The number of carbonyl (C=O) groups is 1. The van der Waals surface area contributed by atoms with Crippen molar-refractivity contribution in [1.29, 1.82) is 5.26 Å². The average Bonchev–Trinajstić information content (AvgIpc) is 3.43. The fraction of sp³-hybridized carbons (Fsp3) is 0.478. The first-order valence-corrected chi connectivity index (χ1v) is 11.3. The van der Waals surface area contributed by atoms with Crippen molar-refractivity contribution >= 4 is 35.0 Å². The molecule has 8 nitrogen and oxygen atoms in total. The first-order chi connectivity index (χ1) is 15.4. The van der Waals surface area contributed by atoms with E-state index in [0.29, 0.717) is 22.1 Å². The zero-order chi connectivity index (χ0) is 22.5. The van der Waals surface area contributed by atoms with Crippen LogP contribution >= 0.6 is 11.6 Å². The summed E-state index contributed by atoms with van der Waals surface area (Å²) in [4.78, 5) is 25.9. The van der Waals surface area contributed by atoms with Gasteiger partial charge in [0.1, 0.15) is 23.6 Å². The van der Waals surface area contributed by atoms with E-state index in [1.807, 2.05) is 18.7 Å². The average molecular weight is 453 g/mol. The van der Waals surface area contributed by atoms with Crippen LogP contribution in [-0.4, -0.2) is 51.7 Å². The maximum absolute atomic E-state index is 12.8. The quantitative estimate of drug-likeness (QED) is 0.734. The second kappa shape index (κ2) is 7.82. The smallest absolute Gasteiger partial charge is 0.410 e. The van der Waals surface area contributed by atoms with Crippen LogP contribution in [0.15, 0.2) is 24.5 Å². The molecule has 2 atom stereocenters. The molecule has 1 amide bonds. The predicted octanol–water partition coefficient (Wildman–Crippen LogP) is 4.40.